The molecule has 0 bridgehead atoms. The molecule has 0 radical (unpaired) electrons. The van der Waals surface area contributed by atoms with Crippen LogP contribution in [0.15, 0.2) is 60.7 Å². The van der Waals surface area contributed by atoms with Crippen LogP contribution < -0.4 is 5.32 Å². The van der Waals surface area contributed by atoms with Gasteiger partial charge in [0.25, 0.3) is 0 Å². The monoisotopic (exact) mass is 283 g/mol. The molecular formula is C18H21NS. The Morgan fingerprint density at radius 2 is 1.50 bits per heavy atom. The number of hydrogen-bond acceptors (Lipinski definition) is 2. The molecule has 0 aliphatic carbocycles. The molecular weight excluding hydrogens is 262 g/mol. The summed E-state index contributed by atoms with van der Waals surface area (Å²) >= 11 is 2.04. The summed E-state index contributed by atoms with van der Waals surface area (Å²) in [5.41, 5.74) is 2.77. The van der Waals surface area contributed by atoms with Gasteiger partial charge in [-0.2, -0.15) is 0 Å². The molecule has 1 saturated heterocycles. The van der Waals surface area contributed by atoms with Crippen LogP contribution in [0, 0.1) is 0 Å². The zero-order chi connectivity index (χ0) is 14.0. The molecule has 0 saturated carbocycles. The Balaban J connectivity index is 2.05. The van der Waals surface area contributed by atoms with Crippen LogP contribution in [0.1, 0.15) is 30.9 Å². The van der Waals surface area contributed by atoms with Gasteiger partial charge in [0.1, 0.15) is 0 Å². The Morgan fingerprint density at radius 3 is 1.90 bits per heavy atom. The Kier molecular flexibility index (Phi) is 3.86. The summed E-state index contributed by atoms with van der Waals surface area (Å²) in [4.78, 5) is 0.0577. The summed E-state index contributed by atoms with van der Waals surface area (Å²) in [5, 5.41) is 3.79. The van der Waals surface area contributed by atoms with E-state index in [0.717, 1.165) is 0 Å². The van der Waals surface area contributed by atoms with Gasteiger partial charge in [-0.15, -0.1) is 11.8 Å². The van der Waals surface area contributed by atoms with Crippen LogP contribution in [0.4, 0.5) is 0 Å². The number of hydrogen-bond donors (Lipinski definition) is 1. The van der Waals surface area contributed by atoms with Crippen molar-refractivity contribution in [2.24, 2.45) is 0 Å². The van der Waals surface area contributed by atoms with Crippen molar-refractivity contribution in [3.05, 3.63) is 71.8 Å². The fourth-order valence-electron chi connectivity index (χ4n) is 3.16. The first-order chi connectivity index (χ1) is 9.69. The maximum atomic E-state index is 3.79. The Labute approximate surface area is 125 Å². The van der Waals surface area contributed by atoms with E-state index in [2.05, 4.69) is 79.8 Å². The van der Waals surface area contributed by atoms with Crippen molar-refractivity contribution >= 4 is 11.8 Å². The lowest BCUT2D eigenvalue weighted by Crippen LogP contribution is -2.43. The average Bonchev–Trinajstić information content (AvgIpc) is 2.81. The van der Waals surface area contributed by atoms with Crippen molar-refractivity contribution in [3.63, 3.8) is 0 Å². The minimum Gasteiger partial charge on any atom is -0.299 e. The van der Waals surface area contributed by atoms with E-state index in [1.54, 1.807) is 0 Å². The predicted octanol–water partition coefficient (Wildman–Crippen LogP) is 4.26. The van der Waals surface area contributed by atoms with Crippen molar-refractivity contribution in [2.45, 2.75) is 30.7 Å². The number of benzene rings is 2. The summed E-state index contributed by atoms with van der Waals surface area (Å²) in [7, 11) is 0. The zero-order valence-corrected chi connectivity index (χ0v) is 12.9. The van der Waals surface area contributed by atoms with Crippen LogP contribution in [0.5, 0.6) is 0 Å². The minimum atomic E-state index is 0.0577. The van der Waals surface area contributed by atoms with Gasteiger partial charge in [-0.25, -0.2) is 0 Å². The summed E-state index contributed by atoms with van der Waals surface area (Å²) in [6.45, 7) is 4.61. The van der Waals surface area contributed by atoms with E-state index >= 15 is 0 Å². The molecule has 1 aliphatic heterocycles. The van der Waals surface area contributed by atoms with E-state index in [-0.39, 0.29) is 4.87 Å². The molecule has 2 heteroatoms. The largest absolute Gasteiger partial charge is 0.299 e. The van der Waals surface area contributed by atoms with Crippen molar-refractivity contribution in [3.8, 4) is 0 Å². The van der Waals surface area contributed by atoms with Gasteiger partial charge in [-0.1, -0.05) is 60.7 Å². The summed E-state index contributed by atoms with van der Waals surface area (Å²) < 4.78 is 0. The fraction of sp³-hybridized carbons (Fsp3) is 0.333. The molecule has 0 amide bonds. The van der Waals surface area contributed by atoms with Crippen LogP contribution in [-0.4, -0.2) is 16.7 Å². The first kappa shape index (κ1) is 13.7. The maximum Gasteiger partial charge on any atom is 0.0729 e. The molecule has 20 heavy (non-hydrogen) atoms. The molecule has 1 fully saturated rings. The van der Waals surface area contributed by atoms with Crippen molar-refractivity contribution in [1.29, 1.82) is 0 Å². The van der Waals surface area contributed by atoms with E-state index in [1.165, 1.54) is 16.9 Å². The van der Waals surface area contributed by atoms with Crippen LogP contribution >= 0.6 is 11.8 Å². The molecule has 2 aromatic carbocycles. The number of nitrogens with one attached hydrogen (secondary N) is 1. The highest BCUT2D eigenvalue weighted by atomic mass is 32.2. The molecule has 2 unspecified atom stereocenters. The molecule has 104 valence electrons. The van der Waals surface area contributed by atoms with Gasteiger partial charge in [0.15, 0.2) is 0 Å². The number of thioether (sulfide) groups is 1. The van der Waals surface area contributed by atoms with Gasteiger partial charge in [-0.3, -0.25) is 5.32 Å². The van der Waals surface area contributed by atoms with Crippen LogP contribution in [0.3, 0.4) is 0 Å². The standard InChI is InChI=1S/C18H21NS/c1-14-13-20-18(2,19-14)17(15-9-5-3-6-10-15)16-11-7-4-8-12-16/h3-12,14,17,19H,13H2,1-2H3. The summed E-state index contributed by atoms with van der Waals surface area (Å²) in [6, 6.07) is 22.3. The topological polar surface area (TPSA) is 12.0 Å². The molecule has 1 nitrogen and oxygen atoms in total. The first-order valence-corrected chi connectivity index (χ1v) is 8.19. The first-order valence-electron chi connectivity index (χ1n) is 7.20. The van der Waals surface area contributed by atoms with E-state index in [0.29, 0.717) is 12.0 Å². The third-order valence-electron chi connectivity index (χ3n) is 3.98. The van der Waals surface area contributed by atoms with E-state index in [1.807, 2.05) is 11.8 Å². The molecule has 0 aromatic heterocycles. The Hall–Kier alpha value is -1.25. The fourth-order valence-corrected chi connectivity index (χ4v) is 4.56. The molecule has 3 rings (SSSR count). The smallest absolute Gasteiger partial charge is 0.0729 e. The molecule has 2 atom stereocenters. The van der Waals surface area contributed by atoms with Crippen LogP contribution in [0.2, 0.25) is 0 Å². The average molecular weight is 283 g/mol. The normalized spacial score (nSPS) is 26.1. The highest BCUT2D eigenvalue weighted by molar-refractivity contribution is 8.00. The second kappa shape index (κ2) is 5.63. The van der Waals surface area contributed by atoms with E-state index < -0.39 is 0 Å². The van der Waals surface area contributed by atoms with Gasteiger partial charge < -0.3 is 0 Å². The molecule has 1 N–H and O–H groups in total. The third kappa shape index (κ3) is 2.63. The maximum absolute atomic E-state index is 3.79. The Morgan fingerprint density at radius 1 is 1.00 bits per heavy atom. The van der Waals surface area contributed by atoms with Crippen LogP contribution in [0.25, 0.3) is 0 Å². The molecule has 1 heterocycles. The molecule has 0 spiro atoms. The highest BCUT2D eigenvalue weighted by Crippen LogP contribution is 2.45. The van der Waals surface area contributed by atoms with Crippen molar-refractivity contribution < 1.29 is 0 Å². The van der Waals surface area contributed by atoms with Gasteiger partial charge >= 0.3 is 0 Å². The predicted molar refractivity (Wildman–Crippen MR) is 88.2 cm³/mol. The van der Waals surface area contributed by atoms with Gasteiger partial charge in [0, 0.05) is 17.7 Å². The second-order valence-corrected chi connectivity index (χ2v) is 7.19. The van der Waals surface area contributed by atoms with E-state index in [9.17, 15) is 0 Å². The van der Waals surface area contributed by atoms with Gasteiger partial charge in [-0.05, 0) is 25.0 Å². The Bertz CT molecular complexity index is 515. The number of rotatable bonds is 3. The lowest BCUT2D eigenvalue weighted by Gasteiger charge is -2.35. The van der Waals surface area contributed by atoms with Crippen molar-refractivity contribution in [2.75, 3.05) is 5.75 Å². The van der Waals surface area contributed by atoms with Gasteiger partial charge in [0.05, 0.1) is 4.87 Å². The highest BCUT2D eigenvalue weighted by Gasteiger charge is 2.41. The SMILES string of the molecule is CC1CSC(C)(C(c2ccccc2)c2ccccc2)N1. The molecule has 1 aliphatic rings. The van der Waals surface area contributed by atoms with Crippen LogP contribution in [-0.2, 0) is 0 Å². The minimum absolute atomic E-state index is 0.0577. The van der Waals surface area contributed by atoms with Gasteiger partial charge in [0.2, 0.25) is 0 Å². The lowest BCUT2D eigenvalue weighted by atomic mass is 9.85. The second-order valence-electron chi connectivity index (χ2n) is 5.72. The van der Waals surface area contributed by atoms with E-state index in [4.69, 9.17) is 0 Å². The summed E-state index contributed by atoms with van der Waals surface area (Å²) in [5.74, 6) is 1.55. The molecule has 2 aromatic rings. The zero-order valence-electron chi connectivity index (χ0n) is 12.0. The third-order valence-corrected chi connectivity index (χ3v) is 5.60. The van der Waals surface area contributed by atoms with Crippen molar-refractivity contribution in [1.82, 2.24) is 5.32 Å². The lowest BCUT2D eigenvalue weighted by molar-refractivity contribution is 0.443. The quantitative estimate of drug-likeness (QED) is 0.903. The summed E-state index contributed by atoms with van der Waals surface area (Å²) in [6.07, 6.45) is 0.